The van der Waals surface area contributed by atoms with Gasteiger partial charge in [-0.25, -0.2) is 10.3 Å². The molecule has 0 aromatic carbocycles. The van der Waals surface area contributed by atoms with E-state index in [1.165, 1.54) is 5.48 Å². The Morgan fingerprint density at radius 3 is 2.83 bits per heavy atom. The molecule has 1 amide bonds. The summed E-state index contributed by atoms with van der Waals surface area (Å²) >= 11 is 0. The van der Waals surface area contributed by atoms with Crippen LogP contribution in [0.2, 0.25) is 0 Å². The quantitative estimate of drug-likeness (QED) is 0.348. The number of halogens is 1. The molecule has 100 valence electrons. The van der Waals surface area contributed by atoms with Gasteiger partial charge < -0.3 is 9.84 Å². The van der Waals surface area contributed by atoms with Crippen molar-refractivity contribution in [3.8, 4) is 0 Å². The molecule has 4 N–H and O–H groups in total. The third-order valence-electron chi connectivity index (χ3n) is 1.88. The highest BCUT2D eigenvalue weighted by molar-refractivity contribution is 5.77. The first-order chi connectivity index (χ1) is 8.51. The number of hydrogen-bond donors (Lipinski definition) is 4. The summed E-state index contributed by atoms with van der Waals surface area (Å²) in [5, 5.41) is 17.0. The largest absolute Gasteiger partial charge is 0.394 e. The zero-order chi connectivity index (χ0) is 13.7. The molecule has 0 saturated carbocycles. The second-order valence-corrected chi connectivity index (χ2v) is 3.07. The van der Waals surface area contributed by atoms with E-state index >= 15 is 0 Å². The third kappa shape index (κ3) is 3.00. The van der Waals surface area contributed by atoms with Crippen molar-refractivity contribution in [3.05, 3.63) is 32.9 Å². The molecule has 0 bridgehead atoms. The number of ether oxygens (including phenoxy) is 1. The summed E-state index contributed by atoms with van der Waals surface area (Å²) in [5.41, 5.74) is -1.14. The van der Waals surface area contributed by atoms with E-state index in [1.807, 2.05) is 0 Å². The molecule has 0 spiro atoms. The van der Waals surface area contributed by atoms with Crippen LogP contribution < -0.4 is 16.7 Å². The first-order valence-electron chi connectivity index (χ1n) is 4.68. The lowest BCUT2D eigenvalue weighted by molar-refractivity contribution is -0.149. The number of nitrogens with one attached hydrogen (secondary N) is 2. The lowest BCUT2D eigenvalue weighted by Crippen LogP contribution is -2.41. The van der Waals surface area contributed by atoms with E-state index < -0.39 is 35.8 Å². The maximum Gasteiger partial charge on any atom is 0.331 e. The van der Waals surface area contributed by atoms with Crippen molar-refractivity contribution < 1.29 is 24.2 Å². The van der Waals surface area contributed by atoms with Gasteiger partial charge in [0, 0.05) is 0 Å². The second kappa shape index (κ2) is 6.05. The summed E-state index contributed by atoms with van der Waals surface area (Å²) in [5.74, 6) is -2.48. The predicted octanol–water partition coefficient (Wildman–Crippen LogP) is -2.31. The van der Waals surface area contributed by atoms with Crippen molar-refractivity contribution in [3.63, 3.8) is 0 Å². The van der Waals surface area contributed by atoms with Crippen LogP contribution in [0.15, 0.2) is 15.8 Å². The molecule has 1 aromatic rings. The molecule has 0 saturated heterocycles. The Hall–Kier alpha value is -2.04. The molecule has 1 atom stereocenters. The first kappa shape index (κ1) is 14.0. The molecule has 1 unspecified atom stereocenters. The number of carbonyl (C=O) groups is 1. The van der Waals surface area contributed by atoms with Crippen molar-refractivity contribution in [2.24, 2.45) is 0 Å². The van der Waals surface area contributed by atoms with Gasteiger partial charge in [-0.05, 0) is 0 Å². The summed E-state index contributed by atoms with van der Waals surface area (Å²) < 4.78 is 18.2. The van der Waals surface area contributed by atoms with Crippen molar-refractivity contribution >= 4 is 5.91 Å². The topological polar surface area (TPSA) is 134 Å². The number of aliphatic hydroxyl groups is 1. The second-order valence-electron chi connectivity index (χ2n) is 3.07. The van der Waals surface area contributed by atoms with E-state index in [0.29, 0.717) is 10.8 Å². The van der Waals surface area contributed by atoms with E-state index in [2.05, 4.69) is 0 Å². The van der Waals surface area contributed by atoms with Crippen LogP contribution in [-0.4, -0.2) is 39.0 Å². The average molecular weight is 263 g/mol. The van der Waals surface area contributed by atoms with Crippen LogP contribution in [0.3, 0.4) is 0 Å². The van der Waals surface area contributed by atoms with Gasteiger partial charge in [-0.15, -0.1) is 0 Å². The zero-order valence-corrected chi connectivity index (χ0v) is 8.92. The van der Waals surface area contributed by atoms with Crippen LogP contribution in [0, 0.1) is 5.82 Å². The van der Waals surface area contributed by atoms with Crippen LogP contribution >= 0.6 is 0 Å². The Morgan fingerprint density at radius 2 is 2.28 bits per heavy atom. The smallest absolute Gasteiger partial charge is 0.331 e. The molecule has 1 rings (SSSR count). The number of aromatic nitrogens is 2. The van der Waals surface area contributed by atoms with Gasteiger partial charge in [-0.2, -0.15) is 4.39 Å². The molecular weight excluding hydrogens is 253 g/mol. The average Bonchev–Trinajstić information content (AvgIpc) is 2.35. The first-order valence-corrected chi connectivity index (χ1v) is 4.68. The SMILES string of the molecule is O=C(NO)C(OCCO)n1cc(F)c(=O)[nH]c1=O. The van der Waals surface area contributed by atoms with E-state index in [4.69, 9.17) is 15.1 Å². The highest BCUT2D eigenvalue weighted by Gasteiger charge is 2.23. The monoisotopic (exact) mass is 263 g/mol. The minimum Gasteiger partial charge on any atom is -0.394 e. The molecule has 10 heteroatoms. The highest BCUT2D eigenvalue weighted by atomic mass is 19.1. The summed E-state index contributed by atoms with van der Waals surface area (Å²) in [4.78, 5) is 35.0. The van der Waals surface area contributed by atoms with Crippen LogP contribution in [0.4, 0.5) is 4.39 Å². The fourth-order valence-corrected chi connectivity index (χ4v) is 1.14. The lowest BCUT2D eigenvalue weighted by Gasteiger charge is -2.17. The molecule has 0 aliphatic heterocycles. The molecule has 18 heavy (non-hydrogen) atoms. The van der Waals surface area contributed by atoms with Gasteiger partial charge in [0.2, 0.25) is 12.0 Å². The summed E-state index contributed by atoms with van der Waals surface area (Å²) in [7, 11) is 0. The van der Waals surface area contributed by atoms with Crippen molar-refractivity contribution in [1.29, 1.82) is 0 Å². The normalized spacial score (nSPS) is 12.2. The van der Waals surface area contributed by atoms with E-state index in [0.717, 1.165) is 0 Å². The van der Waals surface area contributed by atoms with Crippen LogP contribution in [-0.2, 0) is 9.53 Å². The number of rotatable bonds is 5. The number of aromatic amines is 1. The van der Waals surface area contributed by atoms with Crippen LogP contribution in [0.5, 0.6) is 0 Å². The van der Waals surface area contributed by atoms with Gasteiger partial charge in [0.25, 0.3) is 11.5 Å². The van der Waals surface area contributed by atoms with Gasteiger partial charge in [0.15, 0.2) is 0 Å². The van der Waals surface area contributed by atoms with E-state index in [9.17, 15) is 18.8 Å². The van der Waals surface area contributed by atoms with E-state index in [-0.39, 0.29) is 6.61 Å². The minimum atomic E-state index is -1.72. The lowest BCUT2D eigenvalue weighted by atomic mass is 10.5. The van der Waals surface area contributed by atoms with Gasteiger partial charge in [0.05, 0.1) is 19.4 Å². The van der Waals surface area contributed by atoms with Gasteiger partial charge in [0.1, 0.15) is 0 Å². The fraction of sp³-hybridized carbons (Fsp3) is 0.375. The predicted molar refractivity (Wildman–Crippen MR) is 53.3 cm³/mol. The minimum absolute atomic E-state index is 0.342. The summed E-state index contributed by atoms with van der Waals surface area (Å²) in [6, 6.07) is 0. The van der Waals surface area contributed by atoms with Gasteiger partial charge >= 0.3 is 5.69 Å². The number of carbonyl (C=O) groups excluding carboxylic acids is 1. The summed E-state index contributed by atoms with van der Waals surface area (Å²) in [6.07, 6.45) is -1.26. The number of amides is 1. The number of hydroxylamine groups is 1. The van der Waals surface area contributed by atoms with Crippen molar-refractivity contribution in [1.82, 2.24) is 15.0 Å². The molecule has 0 aliphatic rings. The number of nitrogens with zero attached hydrogens (tertiary/aromatic N) is 1. The zero-order valence-electron chi connectivity index (χ0n) is 8.92. The fourth-order valence-electron chi connectivity index (χ4n) is 1.14. The summed E-state index contributed by atoms with van der Waals surface area (Å²) in [6.45, 7) is -0.804. The standard InChI is InChI=1S/C8H10FN3O6/c9-4-3-12(8(16)10-5(4)14)7(6(15)11-17)18-2-1-13/h3,7,13,17H,1-2H2,(H,11,15)(H,10,14,16). The van der Waals surface area contributed by atoms with Gasteiger partial charge in [-0.1, -0.05) is 0 Å². The Labute approximate surface area is 98.4 Å². The molecule has 0 aliphatic carbocycles. The van der Waals surface area contributed by atoms with Crippen LogP contribution in [0.1, 0.15) is 6.23 Å². The number of hydrogen-bond acceptors (Lipinski definition) is 6. The third-order valence-corrected chi connectivity index (χ3v) is 1.88. The Kier molecular flexibility index (Phi) is 4.71. The van der Waals surface area contributed by atoms with Crippen molar-refractivity contribution in [2.75, 3.05) is 13.2 Å². The molecule has 0 radical (unpaired) electrons. The van der Waals surface area contributed by atoms with Gasteiger partial charge in [-0.3, -0.25) is 24.3 Å². The molecule has 0 fully saturated rings. The highest BCUT2D eigenvalue weighted by Crippen LogP contribution is 2.05. The number of H-pyrrole nitrogens is 1. The van der Waals surface area contributed by atoms with Crippen molar-refractivity contribution in [2.45, 2.75) is 6.23 Å². The Morgan fingerprint density at radius 1 is 1.61 bits per heavy atom. The maximum atomic E-state index is 13.0. The maximum absolute atomic E-state index is 13.0. The Balaban J connectivity index is 3.20. The molecule has 1 heterocycles. The van der Waals surface area contributed by atoms with E-state index in [1.54, 1.807) is 4.98 Å². The molecule has 9 nitrogen and oxygen atoms in total. The Bertz CT molecular complexity index is 538. The number of aliphatic hydroxyl groups excluding tert-OH is 1. The molecule has 1 aromatic heterocycles. The van der Waals surface area contributed by atoms with Crippen LogP contribution in [0.25, 0.3) is 0 Å². The molecular formula is C8H10FN3O6.